The standard InChI is InChI=1S/C19H21F2NO/c1-3-22(14(2)16-8-10-17(20)11-9-16)19(23)12-7-15-5-4-6-18(21)13-15/h4-6,8-11,13-14H,3,7,12H2,1-2H3. The minimum atomic E-state index is -0.290. The third kappa shape index (κ3) is 4.62. The molecule has 4 heteroatoms. The number of carbonyl (C=O) groups excluding carboxylic acids is 1. The smallest absolute Gasteiger partial charge is 0.223 e. The van der Waals surface area contributed by atoms with Gasteiger partial charge in [-0.15, -0.1) is 0 Å². The molecule has 0 aliphatic rings. The van der Waals surface area contributed by atoms with Crippen molar-refractivity contribution in [2.75, 3.05) is 6.54 Å². The lowest BCUT2D eigenvalue weighted by Crippen LogP contribution is -2.33. The molecular formula is C19H21F2NO. The number of rotatable bonds is 6. The summed E-state index contributed by atoms with van der Waals surface area (Å²) in [4.78, 5) is 14.2. The molecule has 122 valence electrons. The van der Waals surface area contributed by atoms with E-state index in [1.807, 2.05) is 19.9 Å². The summed E-state index contributed by atoms with van der Waals surface area (Å²) >= 11 is 0. The minimum absolute atomic E-state index is 0.00795. The fraction of sp³-hybridized carbons (Fsp3) is 0.316. The molecule has 0 heterocycles. The molecule has 0 saturated carbocycles. The van der Waals surface area contributed by atoms with E-state index in [1.54, 1.807) is 23.1 Å². The zero-order valence-electron chi connectivity index (χ0n) is 13.4. The van der Waals surface area contributed by atoms with Crippen LogP contribution in [0, 0.1) is 11.6 Å². The topological polar surface area (TPSA) is 20.3 Å². The van der Waals surface area contributed by atoms with E-state index >= 15 is 0 Å². The second-order valence-corrected chi connectivity index (χ2v) is 5.54. The van der Waals surface area contributed by atoms with Crippen LogP contribution in [0.5, 0.6) is 0 Å². The molecule has 0 fully saturated rings. The van der Waals surface area contributed by atoms with Crippen molar-refractivity contribution in [1.82, 2.24) is 4.90 Å². The van der Waals surface area contributed by atoms with E-state index in [-0.39, 0.29) is 23.6 Å². The molecule has 0 N–H and O–H groups in total. The fourth-order valence-electron chi connectivity index (χ4n) is 2.67. The zero-order valence-corrected chi connectivity index (χ0v) is 13.4. The lowest BCUT2D eigenvalue weighted by atomic mass is 10.0. The molecule has 0 aliphatic carbocycles. The Kier molecular flexibility index (Phi) is 5.85. The number of halogens is 2. The van der Waals surface area contributed by atoms with Gasteiger partial charge in [0.05, 0.1) is 6.04 Å². The van der Waals surface area contributed by atoms with Crippen molar-refractivity contribution in [3.63, 3.8) is 0 Å². The monoisotopic (exact) mass is 317 g/mol. The summed E-state index contributed by atoms with van der Waals surface area (Å²) in [5.74, 6) is -0.572. The fourth-order valence-corrected chi connectivity index (χ4v) is 2.67. The molecule has 0 spiro atoms. The van der Waals surface area contributed by atoms with Crippen molar-refractivity contribution < 1.29 is 13.6 Å². The maximum Gasteiger partial charge on any atom is 0.223 e. The van der Waals surface area contributed by atoms with E-state index < -0.39 is 0 Å². The van der Waals surface area contributed by atoms with Gasteiger partial charge in [-0.05, 0) is 55.7 Å². The first-order valence-corrected chi connectivity index (χ1v) is 7.80. The number of amides is 1. The van der Waals surface area contributed by atoms with Gasteiger partial charge < -0.3 is 4.90 Å². The van der Waals surface area contributed by atoms with Gasteiger partial charge in [-0.1, -0.05) is 24.3 Å². The van der Waals surface area contributed by atoms with Crippen molar-refractivity contribution >= 4 is 5.91 Å². The first-order valence-electron chi connectivity index (χ1n) is 7.80. The highest BCUT2D eigenvalue weighted by atomic mass is 19.1. The largest absolute Gasteiger partial charge is 0.336 e. The maximum absolute atomic E-state index is 13.2. The normalized spacial score (nSPS) is 12.0. The minimum Gasteiger partial charge on any atom is -0.336 e. The van der Waals surface area contributed by atoms with Crippen LogP contribution < -0.4 is 0 Å². The second kappa shape index (κ2) is 7.86. The van der Waals surface area contributed by atoms with E-state index in [0.717, 1.165) is 11.1 Å². The van der Waals surface area contributed by atoms with Gasteiger partial charge in [-0.25, -0.2) is 8.78 Å². The first kappa shape index (κ1) is 17.1. The molecule has 2 rings (SSSR count). The van der Waals surface area contributed by atoms with Crippen LogP contribution in [0.1, 0.15) is 37.4 Å². The molecule has 0 bridgehead atoms. The summed E-state index contributed by atoms with van der Waals surface area (Å²) in [6.45, 7) is 4.41. The molecule has 1 atom stereocenters. The van der Waals surface area contributed by atoms with Gasteiger partial charge >= 0.3 is 0 Å². The maximum atomic E-state index is 13.2. The molecule has 0 saturated heterocycles. The van der Waals surface area contributed by atoms with Crippen LogP contribution in [0.2, 0.25) is 0 Å². The van der Waals surface area contributed by atoms with E-state index in [9.17, 15) is 13.6 Å². The lowest BCUT2D eigenvalue weighted by Gasteiger charge is -2.28. The zero-order chi connectivity index (χ0) is 16.8. The summed E-state index contributed by atoms with van der Waals surface area (Å²) in [6, 6.07) is 12.4. The highest BCUT2D eigenvalue weighted by Crippen LogP contribution is 2.21. The predicted molar refractivity (Wildman–Crippen MR) is 86.9 cm³/mol. The quantitative estimate of drug-likeness (QED) is 0.768. The van der Waals surface area contributed by atoms with E-state index in [4.69, 9.17) is 0 Å². The molecule has 0 aliphatic heterocycles. The van der Waals surface area contributed by atoms with E-state index in [2.05, 4.69) is 0 Å². The van der Waals surface area contributed by atoms with Gasteiger partial charge in [0.25, 0.3) is 0 Å². The third-order valence-corrected chi connectivity index (χ3v) is 4.00. The lowest BCUT2D eigenvalue weighted by molar-refractivity contribution is -0.133. The molecular weight excluding hydrogens is 296 g/mol. The molecule has 1 amide bonds. The van der Waals surface area contributed by atoms with Crippen LogP contribution >= 0.6 is 0 Å². The van der Waals surface area contributed by atoms with E-state index in [1.165, 1.54) is 24.3 Å². The summed E-state index contributed by atoms with van der Waals surface area (Å²) < 4.78 is 26.2. The predicted octanol–water partition coefficient (Wildman–Crippen LogP) is 4.51. The van der Waals surface area contributed by atoms with Gasteiger partial charge in [-0.2, -0.15) is 0 Å². The average Bonchev–Trinajstić information content (AvgIpc) is 2.54. The Morgan fingerprint density at radius 2 is 1.78 bits per heavy atom. The second-order valence-electron chi connectivity index (χ2n) is 5.54. The van der Waals surface area contributed by atoms with Crippen molar-refractivity contribution in [2.24, 2.45) is 0 Å². The number of benzene rings is 2. The molecule has 2 aromatic rings. The van der Waals surface area contributed by atoms with Gasteiger partial charge in [-0.3, -0.25) is 4.79 Å². The van der Waals surface area contributed by atoms with Crippen LogP contribution in [0.4, 0.5) is 8.78 Å². The van der Waals surface area contributed by atoms with Crippen LogP contribution in [-0.2, 0) is 11.2 Å². The number of hydrogen-bond donors (Lipinski definition) is 0. The molecule has 23 heavy (non-hydrogen) atoms. The molecule has 2 nitrogen and oxygen atoms in total. The molecule has 0 aromatic heterocycles. The number of aryl methyl sites for hydroxylation is 1. The summed E-state index contributed by atoms with van der Waals surface area (Å²) in [5.41, 5.74) is 1.70. The van der Waals surface area contributed by atoms with Crippen LogP contribution in [-0.4, -0.2) is 17.4 Å². The van der Waals surface area contributed by atoms with Crippen LogP contribution in [0.15, 0.2) is 48.5 Å². The van der Waals surface area contributed by atoms with Crippen molar-refractivity contribution in [3.05, 3.63) is 71.3 Å². The Morgan fingerprint density at radius 3 is 2.39 bits per heavy atom. The van der Waals surface area contributed by atoms with E-state index in [0.29, 0.717) is 19.4 Å². The summed E-state index contributed by atoms with van der Waals surface area (Å²) in [6.07, 6.45) is 0.825. The van der Waals surface area contributed by atoms with Crippen molar-refractivity contribution in [2.45, 2.75) is 32.7 Å². The van der Waals surface area contributed by atoms with Crippen LogP contribution in [0.25, 0.3) is 0 Å². The van der Waals surface area contributed by atoms with Crippen molar-refractivity contribution in [3.8, 4) is 0 Å². The van der Waals surface area contributed by atoms with Gasteiger partial charge in [0.15, 0.2) is 0 Å². The molecule has 1 unspecified atom stereocenters. The Balaban J connectivity index is 2.01. The average molecular weight is 317 g/mol. The first-order chi connectivity index (χ1) is 11.0. The number of hydrogen-bond acceptors (Lipinski definition) is 1. The van der Waals surface area contributed by atoms with Gasteiger partial charge in [0.2, 0.25) is 5.91 Å². The van der Waals surface area contributed by atoms with Gasteiger partial charge in [0.1, 0.15) is 11.6 Å². The SMILES string of the molecule is CCN(C(=O)CCc1cccc(F)c1)C(C)c1ccc(F)cc1. The Labute approximate surface area is 135 Å². The third-order valence-electron chi connectivity index (χ3n) is 4.00. The molecule has 2 aromatic carbocycles. The van der Waals surface area contributed by atoms with Gasteiger partial charge in [0, 0.05) is 13.0 Å². The number of nitrogens with zero attached hydrogens (tertiary/aromatic N) is 1. The molecule has 0 radical (unpaired) electrons. The summed E-state index contributed by atoms with van der Waals surface area (Å²) in [5, 5.41) is 0. The van der Waals surface area contributed by atoms with Crippen molar-refractivity contribution in [1.29, 1.82) is 0 Å². The Morgan fingerprint density at radius 1 is 1.09 bits per heavy atom. The highest BCUT2D eigenvalue weighted by molar-refractivity contribution is 5.77. The summed E-state index contributed by atoms with van der Waals surface area (Å²) in [7, 11) is 0. The highest BCUT2D eigenvalue weighted by Gasteiger charge is 2.19. The van der Waals surface area contributed by atoms with Crippen LogP contribution in [0.3, 0.4) is 0 Å². The number of carbonyl (C=O) groups is 1. The Bertz CT molecular complexity index is 655. The Hall–Kier alpha value is -2.23.